The quantitative estimate of drug-likeness (QED) is 0.308. The van der Waals surface area contributed by atoms with Crippen LogP contribution in [0.4, 0.5) is 0 Å². The summed E-state index contributed by atoms with van der Waals surface area (Å²) < 4.78 is 5.48. The molecule has 5 nitrogen and oxygen atoms in total. The van der Waals surface area contributed by atoms with Gasteiger partial charge in [0.05, 0.1) is 12.9 Å². The second kappa shape index (κ2) is 11.2. The van der Waals surface area contributed by atoms with E-state index in [2.05, 4.69) is 24.8 Å². The monoisotopic (exact) mass is 408 g/mol. The van der Waals surface area contributed by atoms with E-state index in [-0.39, 0.29) is 11.7 Å². The number of aliphatic hydroxyl groups is 1. The van der Waals surface area contributed by atoms with Gasteiger partial charge in [-0.2, -0.15) is 0 Å². The number of aryl methyl sites for hydroxylation is 1. The van der Waals surface area contributed by atoms with Gasteiger partial charge in [-0.25, -0.2) is 0 Å². The fourth-order valence-corrected chi connectivity index (χ4v) is 3.50. The number of hydrogen-bond donors (Lipinski definition) is 2. The molecule has 160 valence electrons. The van der Waals surface area contributed by atoms with Crippen molar-refractivity contribution in [2.24, 2.45) is 0 Å². The number of allylic oxidation sites excluding steroid dienone is 1. The zero-order chi connectivity index (χ0) is 22.1. The number of benzene rings is 2. The SMILES string of the molecule is C=C(O)Cc1ccc(-c2cccc(CCCC(=N)N(CC)C(=O)CC)c2)cc1OC. The lowest BCUT2D eigenvalue weighted by Gasteiger charge is -2.21. The Balaban J connectivity index is 2.07. The minimum absolute atomic E-state index is 0.00617. The van der Waals surface area contributed by atoms with E-state index in [1.165, 1.54) is 5.56 Å². The molecule has 2 aromatic rings. The molecule has 0 unspecified atom stereocenters. The lowest BCUT2D eigenvalue weighted by atomic mass is 9.98. The highest BCUT2D eigenvalue weighted by atomic mass is 16.5. The highest BCUT2D eigenvalue weighted by molar-refractivity contribution is 5.96. The molecular weight excluding hydrogens is 376 g/mol. The first kappa shape index (κ1) is 23.2. The van der Waals surface area contributed by atoms with Crippen LogP contribution in [0.1, 0.15) is 44.2 Å². The maximum atomic E-state index is 11.9. The van der Waals surface area contributed by atoms with Crippen LogP contribution in [0.5, 0.6) is 5.75 Å². The summed E-state index contributed by atoms with van der Waals surface area (Å²) in [5.41, 5.74) is 4.22. The van der Waals surface area contributed by atoms with Crippen molar-refractivity contribution in [3.63, 3.8) is 0 Å². The van der Waals surface area contributed by atoms with E-state index in [0.717, 1.165) is 35.3 Å². The second-order valence-electron chi connectivity index (χ2n) is 7.26. The molecule has 0 bridgehead atoms. The van der Waals surface area contributed by atoms with Crippen molar-refractivity contribution in [3.05, 3.63) is 65.9 Å². The largest absolute Gasteiger partial charge is 0.513 e. The first-order valence-corrected chi connectivity index (χ1v) is 10.4. The van der Waals surface area contributed by atoms with Crippen molar-refractivity contribution in [3.8, 4) is 16.9 Å². The summed E-state index contributed by atoms with van der Waals surface area (Å²) in [5, 5.41) is 17.7. The number of carbonyl (C=O) groups is 1. The molecule has 0 fully saturated rings. The van der Waals surface area contributed by atoms with Gasteiger partial charge in [0.1, 0.15) is 11.6 Å². The number of nitrogens with zero attached hydrogens (tertiary/aromatic N) is 1. The topological polar surface area (TPSA) is 73.6 Å². The van der Waals surface area contributed by atoms with Crippen molar-refractivity contribution >= 4 is 11.7 Å². The summed E-state index contributed by atoms with van der Waals surface area (Å²) in [5.74, 6) is 1.23. The van der Waals surface area contributed by atoms with Gasteiger partial charge in [-0.05, 0) is 42.5 Å². The van der Waals surface area contributed by atoms with Crippen molar-refractivity contribution < 1.29 is 14.6 Å². The number of amides is 1. The summed E-state index contributed by atoms with van der Waals surface area (Å²) in [7, 11) is 1.62. The Bertz CT molecular complexity index is 905. The molecule has 2 aromatic carbocycles. The number of nitrogens with one attached hydrogen (secondary N) is 1. The number of methoxy groups -OCH3 is 1. The fraction of sp³-hybridized carbons (Fsp3) is 0.360. The fourth-order valence-electron chi connectivity index (χ4n) is 3.50. The van der Waals surface area contributed by atoms with Crippen molar-refractivity contribution in [1.29, 1.82) is 5.41 Å². The molecule has 0 aliphatic rings. The molecular formula is C25H32N2O3. The smallest absolute Gasteiger partial charge is 0.227 e. The van der Waals surface area contributed by atoms with E-state index in [4.69, 9.17) is 10.1 Å². The lowest BCUT2D eigenvalue weighted by Crippen LogP contribution is -2.35. The molecule has 0 radical (unpaired) electrons. The molecule has 2 N–H and O–H groups in total. The van der Waals surface area contributed by atoms with Crippen molar-refractivity contribution in [1.82, 2.24) is 4.90 Å². The molecule has 0 heterocycles. The number of hydrogen-bond acceptors (Lipinski definition) is 4. The van der Waals surface area contributed by atoms with Gasteiger partial charge in [0, 0.05) is 31.4 Å². The van der Waals surface area contributed by atoms with Gasteiger partial charge >= 0.3 is 0 Å². The highest BCUT2D eigenvalue weighted by Gasteiger charge is 2.14. The molecule has 0 aliphatic carbocycles. The minimum Gasteiger partial charge on any atom is -0.513 e. The molecule has 2 rings (SSSR count). The number of amidine groups is 1. The van der Waals surface area contributed by atoms with Gasteiger partial charge in [0.15, 0.2) is 0 Å². The first-order valence-electron chi connectivity index (χ1n) is 10.4. The molecule has 0 aliphatic heterocycles. The van der Waals surface area contributed by atoms with Gasteiger partial charge < -0.3 is 14.7 Å². The Morgan fingerprint density at radius 1 is 1.17 bits per heavy atom. The van der Waals surface area contributed by atoms with Gasteiger partial charge in [-0.3, -0.25) is 10.2 Å². The van der Waals surface area contributed by atoms with Crippen LogP contribution in [-0.4, -0.2) is 35.4 Å². The number of ether oxygens (including phenoxy) is 1. The zero-order valence-electron chi connectivity index (χ0n) is 18.2. The van der Waals surface area contributed by atoms with Gasteiger partial charge in [0.25, 0.3) is 0 Å². The van der Waals surface area contributed by atoms with E-state index in [1.807, 2.05) is 38.1 Å². The molecule has 0 saturated heterocycles. The van der Waals surface area contributed by atoms with Gasteiger partial charge in [-0.15, -0.1) is 0 Å². The van der Waals surface area contributed by atoms with Crippen molar-refractivity contribution in [2.45, 2.75) is 46.0 Å². The summed E-state index contributed by atoms with van der Waals surface area (Å²) in [6, 6.07) is 14.3. The van der Waals surface area contributed by atoms with Crippen LogP contribution in [-0.2, 0) is 17.6 Å². The molecule has 0 atom stereocenters. The van der Waals surface area contributed by atoms with E-state index in [9.17, 15) is 9.90 Å². The second-order valence-corrected chi connectivity index (χ2v) is 7.26. The van der Waals surface area contributed by atoms with Crippen LogP contribution in [0.25, 0.3) is 11.1 Å². The minimum atomic E-state index is 0.00617. The predicted molar refractivity (Wildman–Crippen MR) is 122 cm³/mol. The van der Waals surface area contributed by atoms with Crippen LogP contribution in [0.2, 0.25) is 0 Å². The normalized spacial score (nSPS) is 10.5. The average molecular weight is 409 g/mol. The number of rotatable bonds is 10. The standard InChI is InChI=1S/C25H32N2O3/c1-5-25(29)27(6-2)24(26)12-8-10-19-9-7-11-20(16-19)21-13-14-22(15-18(3)28)23(17-21)30-4/h7,9,11,13-14,16-17,26,28H,3,5-6,8,10,12,15H2,1-2,4H3. The molecule has 1 amide bonds. The van der Waals surface area contributed by atoms with Crippen molar-refractivity contribution in [2.75, 3.05) is 13.7 Å². The Labute approximate surface area is 179 Å². The Kier molecular flexibility index (Phi) is 8.66. The maximum Gasteiger partial charge on any atom is 0.227 e. The van der Waals surface area contributed by atoms with Crippen LogP contribution in [0.3, 0.4) is 0 Å². The van der Waals surface area contributed by atoms with Crippen LogP contribution in [0, 0.1) is 5.41 Å². The number of aliphatic hydroxyl groups excluding tert-OH is 1. The molecule has 0 spiro atoms. The lowest BCUT2D eigenvalue weighted by molar-refractivity contribution is -0.127. The van der Waals surface area contributed by atoms with Crippen LogP contribution >= 0.6 is 0 Å². The van der Waals surface area contributed by atoms with E-state index >= 15 is 0 Å². The molecule has 0 saturated carbocycles. The third-order valence-electron chi connectivity index (χ3n) is 5.07. The van der Waals surface area contributed by atoms with E-state index < -0.39 is 0 Å². The molecule has 30 heavy (non-hydrogen) atoms. The first-order chi connectivity index (χ1) is 14.4. The third-order valence-corrected chi connectivity index (χ3v) is 5.07. The Morgan fingerprint density at radius 3 is 2.53 bits per heavy atom. The summed E-state index contributed by atoms with van der Waals surface area (Å²) >= 11 is 0. The highest BCUT2D eigenvalue weighted by Crippen LogP contribution is 2.29. The van der Waals surface area contributed by atoms with Crippen LogP contribution < -0.4 is 4.74 Å². The zero-order valence-corrected chi connectivity index (χ0v) is 18.2. The summed E-state index contributed by atoms with van der Waals surface area (Å²) in [4.78, 5) is 13.5. The third kappa shape index (κ3) is 6.21. The molecule has 0 aromatic heterocycles. The molecule has 5 heteroatoms. The van der Waals surface area contributed by atoms with Crippen LogP contribution in [0.15, 0.2) is 54.8 Å². The maximum absolute atomic E-state index is 11.9. The average Bonchev–Trinajstić information content (AvgIpc) is 2.74. The Hall–Kier alpha value is -3.08. The number of carbonyl (C=O) groups excluding carboxylic acids is 1. The Morgan fingerprint density at radius 2 is 1.90 bits per heavy atom. The summed E-state index contributed by atoms with van der Waals surface area (Å²) in [6.45, 7) is 7.83. The van der Waals surface area contributed by atoms with E-state index in [0.29, 0.717) is 31.6 Å². The van der Waals surface area contributed by atoms with Gasteiger partial charge in [0.2, 0.25) is 5.91 Å². The van der Waals surface area contributed by atoms with E-state index in [1.54, 1.807) is 12.0 Å². The summed E-state index contributed by atoms with van der Waals surface area (Å²) in [6.07, 6.45) is 3.03. The van der Waals surface area contributed by atoms with Gasteiger partial charge in [-0.1, -0.05) is 49.9 Å². The predicted octanol–water partition coefficient (Wildman–Crippen LogP) is 5.53.